The van der Waals surface area contributed by atoms with E-state index >= 15 is 4.39 Å². The molecule has 2 fully saturated rings. The zero-order valence-electron chi connectivity index (χ0n) is 20.1. The van der Waals surface area contributed by atoms with Crippen LogP contribution in [0.1, 0.15) is 65.3 Å². The van der Waals surface area contributed by atoms with E-state index < -0.39 is 18.3 Å². The third-order valence-corrected chi connectivity index (χ3v) is 7.51. The lowest BCUT2D eigenvalue weighted by Gasteiger charge is -2.37. The number of benzene rings is 1. The monoisotopic (exact) mass is 428 g/mol. The van der Waals surface area contributed by atoms with Crippen molar-refractivity contribution in [1.29, 1.82) is 0 Å². The van der Waals surface area contributed by atoms with Gasteiger partial charge in [-0.2, -0.15) is 5.10 Å². The van der Waals surface area contributed by atoms with Crippen LogP contribution in [-0.4, -0.2) is 34.7 Å². The second kappa shape index (κ2) is 7.34. The van der Waals surface area contributed by atoms with E-state index in [0.29, 0.717) is 23.4 Å². The van der Waals surface area contributed by atoms with Crippen molar-refractivity contribution in [1.82, 2.24) is 9.78 Å². The highest BCUT2D eigenvalue weighted by Crippen LogP contribution is 2.41. The van der Waals surface area contributed by atoms with Crippen molar-refractivity contribution in [3.05, 3.63) is 29.3 Å². The highest BCUT2D eigenvalue weighted by molar-refractivity contribution is 6.62. The molecule has 0 bridgehead atoms. The smallest absolute Gasteiger partial charge is 0.493 e. The van der Waals surface area contributed by atoms with Gasteiger partial charge in [0.2, 0.25) is 0 Å². The van der Waals surface area contributed by atoms with Crippen molar-refractivity contribution in [2.75, 3.05) is 6.61 Å². The van der Waals surface area contributed by atoms with Gasteiger partial charge < -0.3 is 14.0 Å². The maximum atomic E-state index is 16.0. The Balaban J connectivity index is 1.79. The number of aromatic nitrogens is 2. The van der Waals surface area contributed by atoms with Crippen LogP contribution in [0.5, 0.6) is 5.75 Å². The van der Waals surface area contributed by atoms with Gasteiger partial charge in [0.15, 0.2) is 0 Å². The van der Waals surface area contributed by atoms with Crippen LogP contribution in [-0.2, 0) is 16.4 Å². The lowest BCUT2D eigenvalue weighted by molar-refractivity contribution is 0.00578. The van der Waals surface area contributed by atoms with Crippen molar-refractivity contribution < 1.29 is 18.4 Å². The Morgan fingerprint density at radius 1 is 1.10 bits per heavy atom. The fourth-order valence-electron chi connectivity index (χ4n) is 4.37. The van der Waals surface area contributed by atoms with Gasteiger partial charge in [-0.1, -0.05) is 13.3 Å². The molecule has 4 rings (SSSR count). The first kappa shape index (κ1) is 22.3. The molecule has 0 amide bonds. The van der Waals surface area contributed by atoms with Gasteiger partial charge in [-0.25, -0.2) is 4.39 Å². The molecule has 2 aliphatic rings. The summed E-state index contributed by atoms with van der Waals surface area (Å²) < 4.78 is 36.3. The maximum Gasteiger partial charge on any atom is 0.498 e. The van der Waals surface area contributed by atoms with Crippen molar-refractivity contribution >= 4 is 12.6 Å². The summed E-state index contributed by atoms with van der Waals surface area (Å²) in [6, 6.07) is 3.53. The summed E-state index contributed by atoms with van der Waals surface area (Å²) in [6.45, 7) is 14.6. The quantitative estimate of drug-likeness (QED) is 0.647. The molecule has 1 aromatic carbocycles. The molecule has 1 aliphatic heterocycles. The number of hydrogen-bond acceptors (Lipinski definition) is 4. The molecule has 1 saturated heterocycles. The van der Waals surface area contributed by atoms with E-state index in [-0.39, 0.29) is 11.2 Å². The third-order valence-electron chi connectivity index (χ3n) is 7.51. The minimum Gasteiger partial charge on any atom is -0.493 e. The van der Waals surface area contributed by atoms with Gasteiger partial charge in [-0.3, -0.25) is 4.68 Å². The predicted octanol–water partition coefficient (Wildman–Crippen LogP) is 4.71. The minimum absolute atomic E-state index is 0.194. The van der Waals surface area contributed by atoms with Gasteiger partial charge in [0, 0.05) is 34.7 Å². The van der Waals surface area contributed by atoms with Gasteiger partial charge in [-0.15, -0.1) is 0 Å². The molecule has 1 aliphatic carbocycles. The van der Waals surface area contributed by atoms with Crippen LogP contribution in [0.4, 0.5) is 4.39 Å². The van der Waals surface area contributed by atoms with Gasteiger partial charge in [0.25, 0.3) is 0 Å². The van der Waals surface area contributed by atoms with Crippen molar-refractivity contribution in [2.24, 2.45) is 12.5 Å². The summed E-state index contributed by atoms with van der Waals surface area (Å²) in [5.74, 6) is 0.289. The van der Waals surface area contributed by atoms with Crippen molar-refractivity contribution in [3.8, 4) is 16.9 Å². The molecule has 1 saturated carbocycles. The first-order valence-corrected chi connectivity index (χ1v) is 11.2. The van der Waals surface area contributed by atoms with Gasteiger partial charge in [0.05, 0.1) is 23.5 Å². The second-order valence-corrected chi connectivity index (χ2v) is 10.6. The molecule has 31 heavy (non-hydrogen) atoms. The Kier molecular flexibility index (Phi) is 5.29. The van der Waals surface area contributed by atoms with E-state index in [0.717, 1.165) is 29.8 Å². The van der Waals surface area contributed by atoms with Crippen LogP contribution in [0.2, 0.25) is 0 Å². The van der Waals surface area contributed by atoms with Crippen LogP contribution >= 0.6 is 0 Å². The zero-order chi connectivity index (χ0) is 22.8. The van der Waals surface area contributed by atoms with Crippen LogP contribution in [0.3, 0.4) is 0 Å². The molecule has 0 spiro atoms. The lowest BCUT2D eigenvalue weighted by atomic mass is 9.71. The van der Waals surface area contributed by atoms with Crippen molar-refractivity contribution in [3.63, 3.8) is 0 Å². The summed E-state index contributed by atoms with van der Waals surface area (Å²) >= 11 is 0. The molecule has 5 nitrogen and oxygen atoms in total. The number of nitrogens with zero attached hydrogens (tertiary/aromatic N) is 2. The Morgan fingerprint density at radius 2 is 1.71 bits per heavy atom. The molecule has 2 heterocycles. The summed E-state index contributed by atoms with van der Waals surface area (Å²) in [5, 5.41) is 4.49. The average molecular weight is 428 g/mol. The van der Waals surface area contributed by atoms with E-state index in [1.165, 1.54) is 6.42 Å². The Hall–Kier alpha value is -1.86. The predicted molar refractivity (Wildman–Crippen MR) is 121 cm³/mol. The molecule has 0 N–H and O–H groups in total. The SMILES string of the molecule is Cc1nn(C)c(C)c1-c1cc(OCC2(C)CCC2)cc(B2OC(C)(C)C(C)(C)O2)c1F. The van der Waals surface area contributed by atoms with Crippen LogP contribution < -0.4 is 10.2 Å². The molecule has 2 aromatic rings. The van der Waals surface area contributed by atoms with E-state index in [1.54, 1.807) is 16.8 Å². The van der Waals surface area contributed by atoms with Gasteiger partial charge in [0.1, 0.15) is 11.6 Å². The first-order chi connectivity index (χ1) is 14.3. The molecule has 0 atom stereocenters. The van der Waals surface area contributed by atoms with Crippen LogP contribution in [0, 0.1) is 25.1 Å². The Bertz CT molecular complexity index is 995. The first-order valence-electron chi connectivity index (χ1n) is 11.2. The lowest BCUT2D eigenvalue weighted by Crippen LogP contribution is -2.41. The van der Waals surface area contributed by atoms with E-state index in [4.69, 9.17) is 14.0 Å². The molecule has 0 unspecified atom stereocenters. The summed E-state index contributed by atoms with van der Waals surface area (Å²) in [5.41, 5.74) is 2.40. The molecule has 0 radical (unpaired) electrons. The average Bonchev–Trinajstić information content (AvgIpc) is 3.02. The number of aryl methyl sites for hydroxylation is 2. The molecular weight excluding hydrogens is 394 g/mol. The topological polar surface area (TPSA) is 45.5 Å². The van der Waals surface area contributed by atoms with Gasteiger partial charge >= 0.3 is 7.12 Å². The highest BCUT2D eigenvalue weighted by Gasteiger charge is 2.52. The maximum absolute atomic E-state index is 16.0. The number of ether oxygens (including phenoxy) is 1. The minimum atomic E-state index is -0.802. The Labute approximate surface area is 185 Å². The normalized spacial score (nSPS) is 21.3. The summed E-state index contributed by atoms with van der Waals surface area (Å²) in [6.07, 6.45) is 3.56. The summed E-state index contributed by atoms with van der Waals surface area (Å²) in [4.78, 5) is 0. The van der Waals surface area contributed by atoms with Crippen LogP contribution in [0.25, 0.3) is 11.1 Å². The Morgan fingerprint density at radius 3 is 2.19 bits per heavy atom. The third kappa shape index (κ3) is 3.80. The fourth-order valence-corrected chi connectivity index (χ4v) is 4.37. The zero-order valence-corrected chi connectivity index (χ0v) is 20.1. The number of halogens is 1. The van der Waals surface area contributed by atoms with Crippen LogP contribution in [0.15, 0.2) is 12.1 Å². The highest BCUT2D eigenvalue weighted by atomic mass is 19.1. The number of hydrogen-bond donors (Lipinski definition) is 0. The van der Waals surface area contributed by atoms with E-state index in [2.05, 4.69) is 12.0 Å². The van der Waals surface area contributed by atoms with Gasteiger partial charge in [-0.05, 0) is 66.5 Å². The molecule has 1 aromatic heterocycles. The summed E-state index contributed by atoms with van der Waals surface area (Å²) in [7, 11) is 1.07. The number of rotatable bonds is 5. The fraction of sp³-hybridized carbons (Fsp3) is 0.625. The molecule has 7 heteroatoms. The molecular formula is C24H34BFN2O3. The standard InChI is InChI=1S/C24H34BFN2O3/c1-15-20(16(2)28(8)27-15)18-12-17(29-14-24(7)10-9-11-24)13-19(21(18)26)25-30-22(3,4)23(5,6)31-25/h12-13H,9-11,14H2,1-8H3. The van der Waals surface area contributed by atoms with Crippen molar-refractivity contribution in [2.45, 2.75) is 78.9 Å². The second-order valence-electron chi connectivity index (χ2n) is 10.6. The largest absolute Gasteiger partial charge is 0.498 e. The van der Waals surface area contributed by atoms with E-state index in [9.17, 15) is 0 Å². The molecule has 168 valence electrons. The van der Waals surface area contributed by atoms with E-state index in [1.807, 2.05) is 48.6 Å².